The molecule has 236 valence electrons. The molecule has 1 atom stereocenters. The Hall–Kier alpha value is -4.75. The van der Waals surface area contributed by atoms with Gasteiger partial charge in [-0.05, 0) is 76.8 Å². The largest absolute Gasteiger partial charge is 0.489 e. The Morgan fingerprint density at radius 2 is 1.86 bits per heavy atom. The van der Waals surface area contributed by atoms with Gasteiger partial charge in [0.25, 0.3) is 5.91 Å². The Labute approximate surface area is 252 Å². The fourth-order valence-electron chi connectivity index (χ4n) is 4.00. The van der Waals surface area contributed by atoms with Crippen LogP contribution in [0.5, 0.6) is 11.5 Å². The van der Waals surface area contributed by atoms with Crippen LogP contribution in [0.3, 0.4) is 0 Å². The number of rotatable bonds is 12. The van der Waals surface area contributed by atoms with Crippen LogP contribution in [-0.2, 0) is 16.0 Å². The first-order valence-corrected chi connectivity index (χ1v) is 13.9. The van der Waals surface area contributed by atoms with Gasteiger partial charge in [0, 0.05) is 11.8 Å². The molecule has 2 N–H and O–H groups in total. The van der Waals surface area contributed by atoms with Crippen LogP contribution < -0.4 is 20.1 Å². The van der Waals surface area contributed by atoms with Crippen LogP contribution in [-0.4, -0.2) is 53.9 Å². The highest BCUT2D eigenvalue weighted by Gasteiger charge is 2.27. The second-order valence-corrected chi connectivity index (χ2v) is 11.1. The summed E-state index contributed by atoms with van der Waals surface area (Å²) in [5.74, 6) is -0.639. The van der Waals surface area contributed by atoms with E-state index in [0.29, 0.717) is 18.1 Å². The van der Waals surface area contributed by atoms with Gasteiger partial charge in [-0.3, -0.25) is 9.78 Å². The molecule has 3 aromatic rings. The Morgan fingerprint density at radius 3 is 2.52 bits per heavy atom. The summed E-state index contributed by atoms with van der Waals surface area (Å²) in [6.07, 6.45) is 2.59. The lowest BCUT2D eigenvalue weighted by Gasteiger charge is -2.21. The summed E-state index contributed by atoms with van der Waals surface area (Å²) in [5, 5.41) is 5.37. The zero-order valence-corrected chi connectivity index (χ0v) is 24.9. The molecule has 2 amide bonds. The third-order valence-corrected chi connectivity index (χ3v) is 6.26. The SMILES string of the molecule is COC(=O)c1ccnc(C(=O)NCc2nc(-c3ccc(OC(F)F)c(OCC4CC4)c3)oc2C(C)NC(=O)OC(C)(C)C)c1. The van der Waals surface area contributed by atoms with Gasteiger partial charge in [-0.15, -0.1) is 0 Å². The molecule has 0 spiro atoms. The molecule has 1 unspecified atom stereocenters. The van der Waals surface area contributed by atoms with Crippen molar-refractivity contribution in [3.63, 3.8) is 0 Å². The lowest BCUT2D eigenvalue weighted by atomic mass is 10.2. The molecular weight excluding hydrogens is 582 g/mol. The number of nitrogens with zero attached hydrogens (tertiary/aromatic N) is 2. The fraction of sp³-hybridized carbons (Fsp3) is 0.433. The second kappa shape index (κ2) is 13.7. The van der Waals surface area contributed by atoms with Crippen molar-refractivity contribution in [2.45, 2.75) is 65.3 Å². The van der Waals surface area contributed by atoms with Crippen molar-refractivity contribution >= 4 is 18.0 Å². The predicted molar refractivity (Wildman–Crippen MR) is 151 cm³/mol. The first-order valence-electron chi connectivity index (χ1n) is 13.9. The smallest absolute Gasteiger partial charge is 0.408 e. The number of pyridine rings is 1. The Morgan fingerprint density at radius 1 is 1.11 bits per heavy atom. The molecule has 1 aromatic carbocycles. The lowest BCUT2D eigenvalue weighted by Crippen LogP contribution is -2.34. The van der Waals surface area contributed by atoms with Gasteiger partial charge in [0.2, 0.25) is 5.89 Å². The minimum atomic E-state index is -3.05. The predicted octanol–water partition coefficient (Wildman–Crippen LogP) is 5.43. The maximum atomic E-state index is 13.0. The molecule has 1 fully saturated rings. The van der Waals surface area contributed by atoms with Crippen LogP contribution in [0.25, 0.3) is 11.5 Å². The molecule has 0 bridgehead atoms. The standard InChI is InChI=1S/C30H34F2N4O8/c1-16(35-29(39)44-30(2,3)4)24-21(14-34-25(37)20-12-19(10-11-33-20)27(38)40-5)36-26(43-24)18-8-9-22(42-28(31)32)23(13-18)41-15-17-6-7-17/h8-13,16-17,28H,6-7,14-15H2,1-5H3,(H,34,37)(H,35,39). The van der Waals surface area contributed by atoms with Crippen molar-refractivity contribution in [3.8, 4) is 23.0 Å². The molecule has 2 aromatic heterocycles. The van der Waals surface area contributed by atoms with E-state index in [1.54, 1.807) is 27.7 Å². The van der Waals surface area contributed by atoms with Gasteiger partial charge in [0.05, 0.1) is 31.9 Å². The molecule has 0 saturated heterocycles. The molecule has 1 aliphatic carbocycles. The molecular formula is C30H34F2N4O8. The van der Waals surface area contributed by atoms with E-state index in [0.717, 1.165) is 12.8 Å². The molecule has 0 radical (unpaired) electrons. The van der Waals surface area contributed by atoms with E-state index < -0.39 is 36.2 Å². The Kier molecular flexibility index (Phi) is 10.0. The van der Waals surface area contributed by atoms with Crippen molar-refractivity contribution in [1.82, 2.24) is 20.6 Å². The normalized spacial score (nSPS) is 13.6. The van der Waals surface area contributed by atoms with E-state index in [4.69, 9.17) is 18.6 Å². The number of hydrogen-bond donors (Lipinski definition) is 2. The number of carbonyl (C=O) groups is 3. The average Bonchev–Trinajstić information content (AvgIpc) is 3.70. The zero-order chi connectivity index (χ0) is 32.0. The zero-order valence-electron chi connectivity index (χ0n) is 24.9. The summed E-state index contributed by atoms with van der Waals surface area (Å²) in [6, 6.07) is 6.23. The maximum Gasteiger partial charge on any atom is 0.408 e. The lowest BCUT2D eigenvalue weighted by molar-refractivity contribution is -0.0515. The number of alkyl halides is 2. The van der Waals surface area contributed by atoms with E-state index >= 15 is 0 Å². The minimum Gasteiger partial charge on any atom is -0.489 e. The van der Waals surface area contributed by atoms with E-state index in [1.165, 1.54) is 43.6 Å². The third kappa shape index (κ3) is 8.88. The van der Waals surface area contributed by atoms with Crippen molar-refractivity contribution in [3.05, 3.63) is 59.2 Å². The van der Waals surface area contributed by atoms with Crippen LogP contribution in [0.15, 0.2) is 40.9 Å². The molecule has 2 heterocycles. The third-order valence-electron chi connectivity index (χ3n) is 6.26. The average molecular weight is 617 g/mol. The van der Waals surface area contributed by atoms with Crippen LogP contribution in [0.1, 0.15) is 78.9 Å². The number of aromatic nitrogens is 2. The topological polar surface area (TPSA) is 151 Å². The molecule has 14 heteroatoms. The van der Waals surface area contributed by atoms with Crippen molar-refractivity contribution < 1.29 is 46.5 Å². The summed E-state index contributed by atoms with van der Waals surface area (Å²) in [4.78, 5) is 45.8. The number of amides is 2. The number of ether oxygens (including phenoxy) is 4. The van der Waals surface area contributed by atoms with Gasteiger partial charge in [0.15, 0.2) is 17.3 Å². The summed E-state index contributed by atoms with van der Waals surface area (Å²) >= 11 is 0. The van der Waals surface area contributed by atoms with Gasteiger partial charge < -0.3 is 34.0 Å². The minimum absolute atomic E-state index is 0.0369. The number of methoxy groups -OCH3 is 1. The number of oxazole rings is 1. The van der Waals surface area contributed by atoms with Crippen LogP contribution in [0, 0.1) is 5.92 Å². The quantitative estimate of drug-likeness (QED) is 0.252. The second-order valence-electron chi connectivity index (χ2n) is 11.1. The highest BCUT2D eigenvalue weighted by atomic mass is 19.3. The van der Waals surface area contributed by atoms with Gasteiger partial charge in [-0.1, -0.05) is 0 Å². The number of nitrogens with one attached hydrogen (secondary N) is 2. The fourth-order valence-corrected chi connectivity index (χ4v) is 4.00. The maximum absolute atomic E-state index is 13.0. The molecule has 12 nitrogen and oxygen atoms in total. The molecule has 0 aliphatic heterocycles. The number of alkyl carbamates (subject to hydrolysis) is 1. The van der Waals surface area contributed by atoms with Gasteiger partial charge in [-0.25, -0.2) is 14.6 Å². The summed E-state index contributed by atoms with van der Waals surface area (Å²) in [7, 11) is 1.22. The van der Waals surface area contributed by atoms with Crippen molar-refractivity contribution in [1.29, 1.82) is 0 Å². The monoisotopic (exact) mass is 616 g/mol. The molecule has 4 rings (SSSR count). The number of halogens is 2. The van der Waals surface area contributed by atoms with Crippen LogP contribution in [0.2, 0.25) is 0 Å². The number of carbonyl (C=O) groups excluding carboxylic acids is 3. The summed E-state index contributed by atoms with van der Waals surface area (Å²) in [5.41, 5.74) is -0.00314. The summed E-state index contributed by atoms with van der Waals surface area (Å²) < 4.78 is 52.5. The van der Waals surface area contributed by atoms with Crippen molar-refractivity contribution in [2.24, 2.45) is 5.92 Å². The van der Waals surface area contributed by atoms with Gasteiger partial charge in [-0.2, -0.15) is 8.78 Å². The number of esters is 1. The molecule has 44 heavy (non-hydrogen) atoms. The highest BCUT2D eigenvalue weighted by molar-refractivity contribution is 5.96. The Bertz CT molecular complexity index is 1500. The van der Waals surface area contributed by atoms with Crippen LogP contribution >= 0.6 is 0 Å². The van der Waals surface area contributed by atoms with Crippen LogP contribution in [0.4, 0.5) is 13.6 Å². The van der Waals surface area contributed by atoms with Gasteiger partial charge in [0.1, 0.15) is 17.0 Å². The van der Waals surface area contributed by atoms with E-state index in [-0.39, 0.29) is 46.6 Å². The van der Waals surface area contributed by atoms with E-state index in [1.807, 2.05) is 0 Å². The van der Waals surface area contributed by atoms with Gasteiger partial charge >= 0.3 is 18.7 Å². The first kappa shape index (κ1) is 32.2. The first-order chi connectivity index (χ1) is 20.8. The number of hydrogen-bond acceptors (Lipinski definition) is 10. The van der Waals surface area contributed by atoms with Crippen molar-refractivity contribution in [2.75, 3.05) is 13.7 Å². The highest BCUT2D eigenvalue weighted by Crippen LogP contribution is 2.37. The van der Waals surface area contributed by atoms with E-state index in [9.17, 15) is 23.2 Å². The Balaban J connectivity index is 1.62. The molecule has 1 aliphatic rings. The summed E-state index contributed by atoms with van der Waals surface area (Å²) in [6.45, 7) is 3.95. The number of benzene rings is 1. The van der Waals surface area contributed by atoms with E-state index in [2.05, 4.69) is 25.3 Å². The molecule has 1 saturated carbocycles.